The van der Waals surface area contributed by atoms with Crippen LogP contribution in [0.25, 0.3) is 0 Å². The van der Waals surface area contributed by atoms with Crippen LogP contribution in [0.1, 0.15) is 17.7 Å². The molecule has 0 amide bonds. The second-order valence-corrected chi connectivity index (χ2v) is 3.73. The summed E-state index contributed by atoms with van der Waals surface area (Å²) < 4.78 is 61.1. The van der Waals surface area contributed by atoms with Gasteiger partial charge in [0.15, 0.2) is 5.69 Å². The average Bonchev–Trinajstić information content (AvgIpc) is 1.99. The Labute approximate surface area is 94.4 Å². The molecule has 0 N–H and O–H groups in total. The van der Waals surface area contributed by atoms with Gasteiger partial charge in [0, 0.05) is 4.47 Å². The van der Waals surface area contributed by atoms with Gasteiger partial charge in [0.2, 0.25) is 0 Å². The lowest BCUT2D eigenvalue weighted by Gasteiger charge is -2.12. The van der Waals surface area contributed by atoms with Crippen molar-refractivity contribution in [1.29, 1.82) is 0 Å². The largest absolute Gasteiger partial charge is 0.433 e. The van der Waals surface area contributed by atoms with Gasteiger partial charge in [-0.05, 0) is 6.07 Å². The molecule has 1 aromatic rings. The van der Waals surface area contributed by atoms with Gasteiger partial charge in [-0.3, -0.25) is 0 Å². The molecule has 0 spiro atoms. The Balaban J connectivity index is 3.47. The van der Waals surface area contributed by atoms with Gasteiger partial charge in [-0.25, -0.2) is 13.8 Å². The van der Waals surface area contributed by atoms with Crippen LogP contribution in [-0.2, 0) is 6.18 Å². The van der Waals surface area contributed by atoms with Crippen LogP contribution >= 0.6 is 27.5 Å². The van der Waals surface area contributed by atoms with E-state index in [-0.39, 0.29) is 0 Å². The predicted octanol–water partition coefficient (Wildman–Crippen LogP) is 4.45. The second kappa shape index (κ2) is 4.21. The summed E-state index contributed by atoms with van der Waals surface area (Å²) >= 11 is 7.83. The number of halogens is 7. The first kappa shape index (κ1) is 12.6. The van der Waals surface area contributed by atoms with Crippen molar-refractivity contribution < 1.29 is 22.0 Å². The van der Waals surface area contributed by atoms with Crippen molar-refractivity contribution in [2.24, 2.45) is 0 Å². The maximum absolute atomic E-state index is 12.3. The number of alkyl halides is 5. The average molecular weight is 310 g/mol. The van der Waals surface area contributed by atoms with Gasteiger partial charge in [-0.2, -0.15) is 13.2 Å². The molecule has 0 saturated carbocycles. The zero-order valence-electron chi connectivity index (χ0n) is 6.75. The molecule has 1 heterocycles. The Morgan fingerprint density at radius 1 is 1.33 bits per heavy atom. The minimum Gasteiger partial charge on any atom is -0.231 e. The molecule has 1 rings (SSSR count). The zero-order valence-corrected chi connectivity index (χ0v) is 9.09. The quantitative estimate of drug-likeness (QED) is 0.551. The summed E-state index contributed by atoms with van der Waals surface area (Å²) in [4.78, 5) is 2.86. The van der Waals surface area contributed by atoms with Gasteiger partial charge in [0.05, 0.1) is 5.56 Å². The highest BCUT2D eigenvalue weighted by atomic mass is 79.9. The van der Waals surface area contributed by atoms with Gasteiger partial charge in [-0.15, -0.1) is 0 Å². The van der Waals surface area contributed by atoms with Gasteiger partial charge in [0.25, 0.3) is 6.43 Å². The van der Waals surface area contributed by atoms with Crippen molar-refractivity contribution in [1.82, 2.24) is 4.98 Å². The first-order chi connectivity index (χ1) is 6.73. The molecule has 0 bridgehead atoms. The summed E-state index contributed by atoms with van der Waals surface area (Å²) in [5.41, 5.74) is -2.87. The monoisotopic (exact) mass is 309 g/mol. The SMILES string of the molecule is FC(F)c1c(Br)cc(Cl)nc1C(F)(F)F. The van der Waals surface area contributed by atoms with Crippen LogP contribution in [0.5, 0.6) is 0 Å². The van der Waals surface area contributed by atoms with E-state index in [1.807, 2.05) is 0 Å². The molecule has 0 fully saturated rings. The summed E-state index contributed by atoms with van der Waals surface area (Å²) in [5, 5.41) is -0.501. The third-order valence-electron chi connectivity index (χ3n) is 1.46. The van der Waals surface area contributed by atoms with E-state index < -0.39 is 33.5 Å². The fraction of sp³-hybridized carbons (Fsp3) is 0.286. The molecule has 84 valence electrons. The Morgan fingerprint density at radius 2 is 1.87 bits per heavy atom. The maximum Gasteiger partial charge on any atom is 0.433 e. The standard InChI is InChI=1S/C7H2BrClF5N/c8-2-1-3(9)15-5(7(12,13)14)4(2)6(10)11/h1,6H. The minimum absolute atomic E-state index is 0.412. The van der Waals surface area contributed by atoms with E-state index in [9.17, 15) is 22.0 Å². The summed E-state index contributed by atoms with van der Waals surface area (Å²) in [6.45, 7) is 0. The van der Waals surface area contributed by atoms with Gasteiger partial charge >= 0.3 is 6.18 Å². The van der Waals surface area contributed by atoms with Gasteiger partial charge in [0.1, 0.15) is 5.15 Å². The predicted molar refractivity (Wildman–Crippen MR) is 46.9 cm³/mol. The van der Waals surface area contributed by atoms with E-state index in [1.54, 1.807) is 0 Å². The zero-order chi connectivity index (χ0) is 11.8. The molecule has 0 aliphatic heterocycles. The van der Waals surface area contributed by atoms with Crippen LogP contribution in [-0.4, -0.2) is 4.98 Å². The minimum atomic E-state index is -4.96. The third kappa shape index (κ3) is 2.78. The van der Waals surface area contributed by atoms with E-state index in [0.717, 1.165) is 6.07 Å². The molecule has 0 aliphatic carbocycles. The normalized spacial score (nSPS) is 12.3. The van der Waals surface area contributed by atoms with Gasteiger partial charge < -0.3 is 0 Å². The van der Waals surface area contributed by atoms with E-state index in [1.165, 1.54) is 0 Å². The van der Waals surface area contributed by atoms with Crippen LogP contribution in [0.2, 0.25) is 5.15 Å². The van der Waals surface area contributed by atoms with E-state index >= 15 is 0 Å². The van der Waals surface area contributed by atoms with E-state index in [2.05, 4.69) is 20.9 Å². The molecule has 0 saturated heterocycles. The Morgan fingerprint density at radius 3 is 2.27 bits per heavy atom. The molecular weight excluding hydrogens is 308 g/mol. The van der Waals surface area contributed by atoms with E-state index in [0.29, 0.717) is 0 Å². The second-order valence-electron chi connectivity index (χ2n) is 2.49. The molecular formula is C7H2BrClF5N. The maximum atomic E-state index is 12.3. The molecule has 0 aromatic carbocycles. The molecule has 0 aliphatic rings. The Hall–Kier alpha value is -0.430. The van der Waals surface area contributed by atoms with Gasteiger partial charge in [-0.1, -0.05) is 27.5 Å². The highest BCUT2D eigenvalue weighted by molar-refractivity contribution is 9.10. The fourth-order valence-corrected chi connectivity index (χ4v) is 1.82. The first-order valence-electron chi connectivity index (χ1n) is 3.44. The highest BCUT2D eigenvalue weighted by Gasteiger charge is 2.39. The van der Waals surface area contributed by atoms with Crippen molar-refractivity contribution in [3.8, 4) is 0 Å². The lowest BCUT2D eigenvalue weighted by atomic mass is 10.2. The number of hydrogen-bond acceptors (Lipinski definition) is 1. The Kier molecular flexibility index (Phi) is 3.55. The van der Waals surface area contributed by atoms with Crippen LogP contribution in [0.15, 0.2) is 10.5 Å². The smallest absolute Gasteiger partial charge is 0.231 e. The Bertz CT molecular complexity index is 378. The molecule has 0 unspecified atom stereocenters. The van der Waals surface area contributed by atoms with Crippen molar-refractivity contribution in [2.75, 3.05) is 0 Å². The number of pyridine rings is 1. The topological polar surface area (TPSA) is 12.9 Å². The number of hydrogen-bond donors (Lipinski definition) is 0. The van der Waals surface area contributed by atoms with E-state index in [4.69, 9.17) is 11.6 Å². The van der Waals surface area contributed by atoms with Crippen LogP contribution < -0.4 is 0 Å². The summed E-state index contributed by atoms with van der Waals surface area (Å²) in [5.74, 6) is 0. The molecule has 1 aromatic heterocycles. The molecule has 15 heavy (non-hydrogen) atoms. The van der Waals surface area contributed by atoms with Crippen LogP contribution in [0.4, 0.5) is 22.0 Å². The summed E-state index contributed by atoms with van der Waals surface area (Å²) in [6, 6.07) is 0.887. The van der Waals surface area contributed by atoms with Crippen molar-refractivity contribution in [2.45, 2.75) is 12.6 Å². The molecule has 1 nitrogen and oxygen atoms in total. The fourth-order valence-electron chi connectivity index (χ4n) is 0.918. The number of nitrogens with zero attached hydrogens (tertiary/aromatic N) is 1. The molecule has 0 atom stereocenters. The van der Waals surface area contributed by atoms with Crippen LogP contribution in [0.3, 0.4) is 0 Å². The summed E-state index contributed by atoms with van der Waals surface area (Å²) in [6.07, 6.45) is -8.24. The third-order valence-corrected chi connectivity index (χ3v) is 2.31. The first-order valence-corrected chi connectivity index (χ1v) is 4.62. The van der Waals surface area contributed by atoms with Crippen molar-refractivity contribution >= 4 is 27.5 Å². The highest BCUT2D eigenvalue weighted by Crippen LogP contribution is 2.39. The lowest BCUT2D eigenvalue weighted by Crippen LogP contribution is -2.13. The molecule has 0 radical (unpaired) electrons. The molecule has 8 heteroatoms. The number of rotatable bonds is 1. The van der Waals surface area contributed by atoms with Crippen molar-refractivity contribution in [3.05, 3.63) is 26.9 Å². The summed E-state index contributed by atoms with van der Waals surface area (Å²) in [7, 11) is 0. The van der Waals surface area contributed by atoms with Crippen molar-refractivity contribution in [3.63, 3.8) is 0 Å². The lowest BCUT2D eigenvalue weighted by molar-refractivity contribution is -0.143. The number of aromatic nitrogens is 1. The van der Waals surface area contributed by atoms with Crippen LogP contribution in [0, 0.1) is 0 Å².